The zero-order valence-corrected chi connectivity index (χ0v) is 8.20. The number of carbonyl (C=O) groups is 1. The Morgan fingerprint density at radius 1 is 1.73 bits per heavy atom. The number of carboxylic acids is 1. The molecular weight excluding hydrogens is 184 g/mol. The van der Waals surface area contributed by atoms with Gasteiger partial charge in [-0.2, -0.15) is 0 Å². The van der Waals surface area contributed by atoms with Gasteiger partial charge < -0.3 is 9.84 Å². The van der Waals surface area contributed by atoms with Crippen LogP contribution in [-0.4, -0.2) is 35.8 Å². The van der Waals surface area contributed by atoms with Crippen molar-refractivity contribution in [1.29, 1.82) is 0 Å². The second-order valence-electron chi connectivity index (χ2n) is 1.84. The third-order valence-corrected chi connectivity index (χ3v) is 2.78. The van der Waals surface area contributed by atoms with Crippen molar-refractivity contribution in [2.45, 2.75) is 13.0 Å². The summed E-state index contributed by atoms with van der Waals surface area (Å²) in [6, 6.07) is 0. The molecule has 0 amide bonds. The van der Waals surface area contributed by atoms with Crippen molar-refractivity contribution in [2.24, 2.45) is 0 Å². The smallest absolute Gasteiger partial charge is 0.332 e. The van der Waals surface area contributed by atoms with Crippen molar-refractivity contribution in [3.8, 4) is 0 Å². The Hall–Kier alpha value is 0.130. The van der Waals surface area contributed by atoms with E-state index in [9.17, 15) is 4.79 Å². The molecule has 11 heavy (non-hydrogen) atoms. The molecule has 0 saturated heterocycles. The minimum absolute atomic E-state index is 0.499. The van der Waals surface area contributed by atoms with Crippen LogP contribution in [0.1, 0.15) is 6.92 Å². The third-order valence-electron chi connectivity index (χ3n) is 1.00. The van der Waals surface area contributed by atoms with Gasteiger partial charge in [0.05, 0.1) is 6.61 Å². The quantitative estimate of drug-likeness (QED) is 0.515. The molecule has 0 aromatic heterocycles. The zero-order chi connectivity index (χ0) is 8.69. The maximum atomic E-state index is 10.2. The van der Waals surface area contributed by atoms with Gasteiger partial charge in [-0.3, -0.25) is 0 Å². The van der Waals surface area contributed by atoms with E-state index in [0.29, 0.717) is 6.61 Å². The molecule has 0 rings (SSSR count). The van der Waals surface area contributed by atoms with E-state index in [1.165, 1.54) is 6.92 Å². The van der Waals surface area contributed by atoms with Crippen molar-refractivity contribution < 1.29 is 14.6 Å². The fourth-order valence-electron chi connectivity index (χ4n) is 0.414. The fraction of sp³-hybridized carbons (Fsp3) is 0.833. The molecule has 0 heterocycles. The Labute approximate surface area is 74.3 Å². The van der Waals surface area contributed by atoms with Gasteiger partial charge in [0.25, 0.3) is 0 Å². The van der Waals surface area contributed by atoms with E-state index in [1.807, 2.05) is 6.26 Å². The summed E-state index contributed by atoms with van der Waals surface area (Å²) in [6.45, 7) is 2.03. The normalized spacial score (nSPS) is 12.9. The minimum Gasteiger partial charge on any atom is -0.479 e. The van der Waals surface area contributed by atoms with E-state index < -0.39 is 12.1 Å². The Balaban J connectivity index is 3.17. The van der Waals surface area contributed by atoms with E-state index in [2.05, 4.69) is 0 Å². The number of ether oxygens (including phenoxy) is 1. The average molecular weight is 196 g/mol. The lowest BCUT2D eigenvalue weighted by Gasteiger charge is -2.06. The van der Waals surface area contributed by atoms with Crippen LogP contribution >= 0.6 is 21.6 Å². The molecule has 0 spiro atoms. The molecule has 5 heteroatoms. The first-order valence-electron chi connectivity index (χ1n) is 3.18. The van der Waals surface area contributed by atoms with Gasteiger partial charge >= 0.3 is 5.97 Å². The highest BCUT2D eigenvalue weighted by atomic mass is 33.1. The second kappa shape index (κ2) is 6.82. The zero-order valence-electron chi connectivity index (χ0n) is 6.57. The van der Waals surface area contributed by atoms with Crippen LogP contribution in [0.2, 0.25) is 0 Å². The fourth-order valence-corrected chi connectivity index (χ4v) is 1.45. The lowest BCUT2D eigenvalue weighted by Crippen LogP contribution is -2.20. The van der Waals surface area contributed by atoms with Crippen LogP contribution in [0.5, 0.6) is 0 Å². The predicted octanol–water partition coefficient (Wildman–Crippen LogP) is 1.49. The first-order chi connectivity index (χ1) is 5.18. The Morgan fingerprint density at radius 3 is 2.82 bits per heavy atom. The summed E-state index contributed by atoms with van der Waals surface area (Å²) >= 11 is 0. The third kappa shape index (κ3) is 6.52. The summed E-state index contributed by atoms with van der Waals surface area (Å²) in [5.41, 5.74) is 0. The monoisotopic (exact) mass is 196 g/mol. The van der Waals surface area contributed by atoms with E-state index in [-0.39, 0.29) is 0 Å². The molecule has 0 saturated carbocycles. The molecule has 1 atom stereocenters. The molecule has 0 aromatic rings. The Morgan fingerprint density at radius 2 is 2.36 bits per heavy atom. The highest BCUT2D eigenvalue weighted by molar-refractivity contribution is 8.76. The van der Waals surface area contributed by atoms with Crippen molar-refractivity contribution in [3.05, 3.63) is 0 Å². The van der Waals surface area contributed by atoms with Crippen LogP contribution in [0.4, 0.5) is 0 Å². The molecule has 0 radical (unpaired) electrons. The second-order valence-corrected chi connectivity index (χ2v) is 4.52. The van der Waals surface area contributed by atoms with E-state index in [1.54, 1.807) is 21.6 Å². The van der Waals surface area contributed by atoms with Crippen LogP contribution in [0.3, 0.4) is 0 Å². The maximum Gasteiger partial charge on any atom is 0.332 e. The first-order valence-corrected chi connectivity index (χ1v) is 5.91. The Kier molecular flexibility index (Phi) is 6.90. The van der Waals surface area contributed by atoms with Gasteiger partial charge in [0, 0.05) is 5.75 Å². The maximum absolute atomic E-state index is 10.2. The van der Waals surface area contributed by atoms with Crippen LogP contribution in [0.25, 0.3) is 0 Å². The SMILES string of the molecule is CSSCCO[C@@H](C)C(=O)O. The highest BCUT2D eigenvalue weighted by Crippen LogP contribution is 2.15. The molecular formula is C6H12O3S2. The van der Waals surface area contributed by atoms with Gasteiger partial charge in [-0.25, -0.2) is 4.79 Å². The average Bonchev–Trinajstić information content (AvgIpc) is 1.97. The summed E-state index contributed by atoms with van der Waals surface area (Å²) in [7, 11) is 3.31. The first kappa shape index (κ1) is 11.1. The molecule has 0 aliphatic heterocycles. The van der Waals surface area contributed by atoms with E-state index in [4.69, 9.17) is 9.84 Å². The van der Waals surface area contributed by atoms with Crippen LogP contribution in [0.15, 0.2) is 0 Å². The lowest BCUT2D eigenvalue weighted by molar-refractivity contribution is -0.148. The number of carboxylic acid groups (broad SMARTS) is 1. The standard InChI is InChI=1S/C6H12O3S2/c1-5(6(7)8)9-3-4-11-10-2/h5H,3-4H2,1-2H3,(H,7,8)/t5-/m0/s1. The summed E-state index contributed by atoms with van der Waals surface area (Å²) in [4.78, 5) is 10.2. The van der Waals surface area contributed by atoms with Gasteiger partial charge in [-0.05, 0) is 13.2 Å². The number of hydrogen-bond acceptors (Lipinski definition) is 4. The number of hydrogen-bond donors (Lipinski definition) is 1. The molecule has 0 bridgehead atoms. The number of rotatable bonds is 6. The lowest BCUT2D eigenvalue weighted by atomic mass is 10.4. The van der Waals surface area contributed by atoms with Gasteiger partial charge in [0.2, 0.25) is 0 Å². The molecule has 0 unspecified atom stereocenters. The topological polar surface area (TPSA) is 46.5 Å². The van der Waals surface area contributed by atoms with Crippen molar-refractivity contribution >= 4 is 27.6 Å². The van der Waals surface area contributed by atoms with Crippen molar-refractivity contribution in [1.82, 2.24) is 0 Å². The molecule has 3 nitrogen and oxygen atoms in total. The minimum atomic E-state index is -0.904. The van der Waals surface area contributed by atoms with Crippen molar-refractivity contribution in [2.75, 3.05) is 18.6 Å². The molecule has 66 valence electrons. The van der Waals surface area contributed by atoms with Crippen molar-refractivity contribution in [3.63, 3.8) is 0 Å². The van der Waals surface area contributed by atoms with Crippen LogP contribution < -0.4 is 0 Å². The van der Waals surface area contributed by atoms with Crippen LogP contribution in [0, 0.1) is 0 Å². The highest BCUT2D eigenvalue weighted by Gasteiger charge is 2.09. The van der Waals surface area contributed by atoms with E-state index in [0.717, 1.165) is 5.75 Å². The van der Waals surface area contributed by atoms with Gasteiger partial charge in [0.15, 0.2) is 6.10 Å². The molecule has 0 aliphatic carbocycles. The molecule has 0 aliphatic rings. The van der Waals surface area contributed by atoms with Gasteiger partial charge in [-0.15, -0.1) is 0 Å². The summed E-state index contributed by atoms with van der Waals surface area (Å²) in [5, 5.41) is 8.40. The largest absolute Gasteiger partial charge is 0.479 e. The molecule has 0 aromatic carbocycles. The number of aliphatic carboxylic acids is 1. The van der Waals surface area contributed by atoms with Gasteiger partial charge in [0.1, 0.15) is 0 Å². The van der Waals surface area contributed by atoms with E-state index >= 15 is 0 Å². The van der Waals surface area contributed by atoms with Crippen LogP contribution in [-0.2, 0) is 9.53 Å². The summed E-state index contributed by atoms with van der Waals surface area (Å²) < 4.78 is 4.97. The predicted molar refractivity (Wildman–Crippen MR) is 49.0 cm³/mol. The Bertz CT molecular complexity index is 118. The van der Waals surface area contributed by atoms with Gasteiger partial charge in [-0.1, -0.05) is 21.6 Å². The summed E-state index contributed by atoms with van der Waals surface area (Å²) in [5.74, 6) is -0.0714. The molecule has 0 fully saturated rings. The summed E-state index contributed by atoms with van der Waals surface area (Å²) in [6.07, 6.45) is 1.29. The molecule has 1 N–H and O–H groups in total.